The van der Waals surface area contributed by atoms with Crippen molar-refractivity contribution in [3.8, 4) is 17.2 Å². The summed E-state index contributed by atoms with van der Waals surface area (Å²) in [5.74, 6) is 1.01. The molecule has 1 N–H and O–H groups in total. The van der Waals surface area contributed by atoms with Crippen molar-refractivity contribution in [2.45, 2.75) is 39.7 Å². The van der Waals surface area contributed by atoms with Gasteiger partial charge >= 0.3 is 6.61 Å². The quantitative estimate of drug-likeness (QED) is 0.632. The number of methoxy groups -OCH3 is 1. The molecule has 5 nitrogen and oxygen atoms in total. The Morgan fingerprint density at radius 3 is 2.48 bits per heavy atom. The molecular formula is C22H27F2NO4. The highest BCUT2D eigenvalue weighted by atomic mass is 19.3. The van der Waals surface area contributed by atoms with E-state index in [1.807, 2.05) is 25.1 Å². The molecule has 1 amide bonds. The van der Waals surface area contributed by atoms with E-state index in [0.717, 1.165) is 11.1 Å². The number of hydrogen-bond acceptors (Lipinski definition) is 4. The van der Waals surface area contributed by atoms with E-state index < -0.39 is 6.61 Å². The van der Waals surface area contributed by atoms with Crippen molar-refractivity contribution in [2.24, 2.45) is 0 Å². The normalized spacial score (nSPS) is 10.9. The van der Waals surface area contributed by atoms with Crippen molar-refractivity contribution in [3.63, 3.8) is 0 Å². The van der Waals surface area contributed by atoms with Crippen LogP contribution in [0.4, 0.5) is 8.78 Å². The van der Waals surface area contributed by atoms with Crippen LogP contribution in [0.5, 0.6) is 17.2 Å². The molecular weight excluding hydrogens is 380 g/mol. The summed E-state index contributed by atoms with van der Waals surface area (Å²) in [6, 6.07) is 10.6. The summed E-state index contributed by atoms with van der Waals surface area (Å²) in [5.41, 5.74) is 3.11. The second-order valence-corrected chi connectivity index (χ2v) is 6.93. The number of amides is 1. The summed E-state index contributed by atoms with van der Waals surface area (Å²) in [4.78, 5) is 12.0. The third-order valence-corrected chi connectivity index (χ3v) is 4.41. The molecule has 158 valence electrons. The van der Waals surface area contributed by atoms with Gasteiger partial charge in [-0.05, 0) is 60.2 Å². The molecule has 0 saturated carbocycles. The molecule has 0 bridgehead atoms. The standard InChI is InChI=1S/C22H27F2NO4/c1-14(2)18-7-6-17(11-15(18)3)28-13-21(26)25-10-9-16-5-8-19(27-4)20(12-16)29-22(23)24/h5-8,11-12,14,22H,9-10,13H2,1-4H3,(H,25,26). The third kappa shape index (κ3) is 6.93. The number of aryl methyl sites for hydroxylation is 1. The number of carbonyl (C=O) groups is 1. The zero-order valence-electron chi connectivity index (χ0n) is 17.1. The average molecular weight is 407 g/mol. The Labute approximate surface area is 170 Å². The molecule has 0 saturated heterocycles. The van der Waals surface area contributed by atoms with Crippen LogP contribution < -0.4 is 19.5 Å². The zero-order valence-corrected chi connectivity index (χ0v) is 17.1. The molecule has 2 aromatic rings. The van der Waals surface area contributed by atoms with Gasteiger partial charge in [-0.2, -0.15) is 8.78 Å². The molecule has 0 heterocycles. The van der Waals surface area contributed by atoms with Crippen LogP contribution in [0, 0.1) is 6.92 Å². The Morgan fingerprint density at radius 2 is 1.86 bits per heavy atom. The van der Waals surface area contributed by atoms with Crippen LogP contribution in [0.15, 0.2) is 36.4 Å². The van der Waals surface area contributed by atoms with Gasteiger partial charge in [-0.3, -0.25) is 4.79 Å². The number of hydrogen-bond donors (Lipinski definition) is 1. The molecule has 0 fully saturated rings. The lowest BCUT2D eigenvalue weighted by Gasteiger charge is -2.13. The maximum Gasteiger partial charge on any atom is 0.387 e. The van der Waals surface area contributed by atoms with Gasteiger partial charge in [0.15, 0.2) is 18.1 Å². The SMILES string of the molecule is COc1ccc(CCNC(=O)COc2ccc(C(C)C)c(C)c2)cc1OC(F)F. The lowest BCUT2D eigenvalue weighted by Crippen LogP contribution is -2.30. The molecule has 0 aromatic heterocycles. The first-order valence-electron chi connectivity index (χ1n) is 9.42. The molecule has 0 aliphatic heterocycles. The van der Waals surface area contributed by atoms with Gasteiger partial charge in [0.2, 0.25) is 0 Å². The second kappa shape index (κ2) is 10.6. The largest absolute Gasteiger partial charge is 0.493 e. The molecule has 0 spiro atoms. The maximum absolute atomic E-state index is 12.5. The van der Waals surface area contributed by atoms with E-state index in [9.17, 15) is 13.6 Å². The number of alkyl halides is 2. The number of carbonyl (C=O) groups excluding carboxylic acids is 1. The number of ether oxygens (including phenoxy) is 3. The monoisotopic (exact) mass is 407 g/mol. The Kier molecular flexibility index (Phi) is 8.24. The predicted octanol–water partition coefficient (Wildman–Crippen LogP) is 4.47. The average Bonchev–Trinajstić information content (AvgIpc) is 2.66. The summed E-state index contributed by atoms with van der Waals surface area (Å²) in [6.45, 7) is 3.58. The highest BCUT2D eigenvalue weighted by molar-refractivity contribution is 5.77. The van der Waals surface area contributed by atoms with Gasteiger partial charge in [0, 0.05) is 6.54 Å². The second-order valence-electron chi connectivity index (χ2n) is 6.93. The van der Waals surface area contributed by atoms with E-state index in [4.69, 9.17) is 9.47 Å². The molecule has 0 unspecified atom stereocenters. The smallest absolute Gasteiger partial charge is 0.387 e. The number of halogens is 2. The van der Waals surface area contributed by atoms with Crippen molar-refractivity contribution in [1.82, 2.24) is 5.32 Å². The van der Waals surface area contributed by atoms with Crippen LogP contribution in [0.25, 0.3) is 0 Å². The van der Waals surface area contributed by atoms with Gasteiger partial charge in [-0.1, -0.05) is 26.0 Å². The molecule has 7 heteroatoms. The summed E-state index contributed by atoms with van der Waals surface area (Å²) in [6.07, 6.45) is 0.456. The van der Waals surface area contributed by atoms with Crippen LogP contribution in [-0.2, 0) is 11.2 Å². The summed E-state index contributed by atoms with van der Waals surface area (Å²) < 4.78 is 40.0. The molecule has 2 rings (SSSR count). The third-order valence-electron chi connectivity index (χ3n) is 4.41. The topological polar surface area (TPSA) is 56.8 Å². The van der Waals surface area contributed by atoms with Gasteiger partial charge in [-0.15, -0.1) is 0 Å². The van der Waals surface area contributed by atoms with Gasteiger partial charge in [0.25, 0.3) is 5.91 Å². The van der Waals surface area contributed by atoms with Crippen molar-refractivity contribution >= 4 is 5.91 Å². The fraction of sp³-hybridized carbons (Fsp3) is 0.409. The van der Waals surface area contributed by atoms with Crippen LogP contribution in [0.3, 0.4) is 0 Å². The maximum atomic E-state index is 12.5. The van der Waals surface area contributed by atoms with Gasteiger partial charge in [-0.25, -0.2) is 0 Å². The van der Waals surface area contributed by atoms with E-state index in [1.54, 1.807) is 12.1 Å². The van der Waals surface area contributed by atoms with Gasteiger partial charge < -0.3 is 19.5 Å². The van der Waals surface area contributed by atoms with Crippen LogP contribution in [0.1, 0.15) is 36.5 Å². The zero-order chi connectivity index (χ0) is 21.4. The minimum Gasteiger partial charge on any atom is -0.493 e. The van der Waals surface area contributed by atoms with Crippen molar-refractivity contribution in [3.05, 3.63) is 53.1 Å². The Morgan fingerprint density at radius 1 is 1.10 bits per heavy atom. The molecule has 29 heavy (non-hydrogen) atoms. The number of rotatable bonds is 10. The van der Waals surface area contributed by atoms with E-state index in [1.165, 1.54) is 18.7 Å². The number of benzene rings is 2. The molecule has 2 aromatic carbocycles. The highest BCUT2D eigenvalue weighted by Crippen LogP contribution is 2.29. The first-order chi connectivity index (χ1) is 13.8. The highest BCUT2D eigenvalue weighted by Gasteiger charge is 2.12. The first-order valence-corrected chi connectivity index (χ1v) is 9.42. The van der Waals surface area contributed by atoms with Gasteiger partial charge in [0.1, 0.15) is 5.75 Å². The molecule has 0 atom stereocenters. The van der Waals surface area contributed by atoms with Crippen LogP contribution >= 0.6 is 0 Å². The van der Waals surface area contributed by atoms with Crippen molar-refractivity contribution < 1.29 is 27.8 Å². The van der Waals surface area contributed by atoms with Crippen molar-refractivity contribution in [1.29, 1.82) is 0 Å². The molecule has 0 aliphatic rings. The Hall–Kier alpha value is -2.83. The summed E-state index contributed by atoms with van der Waals surface area (Å²) >= 11 is 0. The summed E-state index contributed by atoms with van der Waals surface area (Å²) in [5, 5.41) is 2.75. The first kappa shape index (κ1) is 22.5. The minimum atomic E-state index is -2.94. The lowest BCUT2D eigenvalue weighted by molar-refractivity contribution is -0.123. The fourth-order valence-corrected chi connectivity index (χ4v) is 3.00. The number of nitrogens with one attached hydrogen (secondary N) is 1. The predicted molar refractivity (Wildman–Crippen MR) is 107 cm³/mol. The summed E-state index contributed by atoms with van der Waals surface area (Å²) in [7, 11) is 1.38. The van der Waals surface area contributed by atoms with E-state index in [0.29, 0.717) is 24.6 Å². The van der Waals surface area contributed by atoms with Crippen molar-refractivity contribution in [2.75, 3.05) is 20.3 Å². The van der Waals surface area contributed by atoms with Gasteiger partial charge in [0.05, 0.1) is 7.11 Å². The lowest BCUT2D eigenvalue weighted by atomic mass is 9.98. The Bertz CT molecular complexity index is 824. The molecule has 0 aliphatic carbocycles. The van der Waals surface area contributed by atoms with Crippen LogP contribution in [-0.4, -0.2) is 32.8 Å². The Balaban J connectivity index is 1.82. The fourth-order valence-electron chi connectivity index (χ4n) is 3.00. The van der Waals surface area contributed by atoms with E-state index in [-0.39, 0.29) is 24.0 Å². The van der Waals surface area contributed by atoms with E-state index in [2.05, 4.69) is 23.9 Å². The van der Waals surface area contributed by atoms with Crippen LogP contribution in [0.2, 0.25) is 0 Å². The minimum absolute atomic E-state index is 0.0325. The molecule has 0 radical (unpaired) electrons. The van der Waals surface area contributed by atoms with E-state index >= 15 is 0 Å².